The van der Waals surface area contributed by atoms with E-state index in [2.05, 4.69) is 0 Å². The molecule has 0 bridgehead atoms. The van der Waals surface area contributed by atoms with E-state index in [4.69, 9.17) is 14.4 Å². The van der Waals surface area contributed by atoms with Crippen molar-refractivity contribution in [2.24, 2.45) is 0 Å². The molecule has 0 atom stereocenters. The van der Waals surface area contributed by atoms with Crippen LogP contribution in [0.2, 0.25) is 0 Å². The Hall–Kier alpha value is -1.91. The molecule has 1 heterocycles. The zero-order valence-electron chi connectivity index (χ0n) is 14.5. The molecular formula is C16H17BF4O5. The van der Waals surface area contributed by atoms with Gasteiger partial charge in [0, 0.05) is 0 Å². The first kappa shape index (κ1) is 20.4. The smallest absolute Gasteiger partial charge is 0.477 e. The molecule has 10 heteroatoms. The first-order valence-electron chi connectivity index (χ1n) is 7.60. The highest BCUT2D eigenvalue weighted by Crippen LogP contribution is 2.39. The predicted octanol–water partition coefficient (Wildman–Crippen LogP) is 2.95. The van der Waals surface area contributed by atoms with Crippen LogP contribution in [0.3, 0.4) is 0 Å². The lowest BCUT2D eigenvalue weighted by molar-refractivity contribution is 0.00578. The van der Waals surface area contributed by atoms with Crippen LogP contribution in [0.1, 0.15) is 43.6 Å². The van der Waals surface area contributed by atoms with Gasteiger partial charge in [-0.25, -0.2) is 22.4 Å². The normalized spacial score (nSPS) is 19.1. The maximum absolute atomic E-state index is 14.1. The number of hydrogen-bond acceptors (Lipinski definition) is 4. The largest absolute Gasteiger partial charge is 0.492 e. The topological polar surface area (TPSA) is 76.0 Å². The highest BCUT2D eigenvalue weighted by Gasteiger charge is 2.52. The lowest BCUT2D eigenvalue weighted by Crippen LogP contribution is -2.41. The van der Waals surface area contributed by atoms with Crippen LogP contribution < -0.4 is 0 Å². The fourth-order valence-electron chi connectivity index (χ4n) is 2.33. The van der Waals surface area contributed by atoms with Gasteiger partial charge in [0.1, 0.15) is 5.56 Å². The van der Waals surface area contributed by atoms with Gasteiger partial charge in [-0.2, -0.15) is 0 Å². The van der Waals surface area contributed by atoms with Crippen molar-refractivity contribution in [1.29, 1.82) is 0 Å². The molecule has 0 unspecified atom stereocenters. The molecule has 0 aromatic heterocycles. The predicted molar refractivity (Wildman–Crippen MR) is 84.4 cm³/mol. The molecule has 26 heavy (non-hydrogen) atoms. The summed E-state index contributed by atoms with van der Waals surface area (Å²) in [6.07, 6.45) is 0.643. The monoisotopic (exact) mass is 376 g/mol. The highest BCUT2D eigenvalue weighted by molar-refractivity contribution is 6.55. The van der Waals surface area contributed by atoms with Crippen molar-refractivity contribution in [3.05, 3.63) is 39.9 Å². The van der Waals surface area contributed by atoms with Gasteiger partial charge in [0.2, 0.25) is 0 Å². The van der Waals surface area contributed by atoms with Gasteiger partial charge in [0.05, 0.1) is 23.4 Å². The number of carbonyl (C=O) groups is 1. The fourth-order valence-corrected chi connectivity index (χ4v) is 2.33. The molecule has 0 amide bonds. The van der Waals surface area contributed by atoms with Crippen LogP contribution in [0.25, 0.3) is 6.08 Å². The standard InChI is InChI=1S/C16H17BF4O5/c1-15(2)16(3,4)26-17(25-15)7(6-22)5-8-10(18)12(20)9(14(23)24)13(21)11(8)19/h5,22H,6H2,1-4H3,(H,23,24). The summed E-state index contributed by atoms with van der Waals surface area (Å²) < 4.78 is 67.1. The molecule has 1 saturated heterocycles. The molecule has 0 radical (unpaired) electrons. The van der Waals surface area contributed by atoms with E-state index in [0.29, 0.717) is 6.08 Å². The maximum Gasteiger partial charge on any atom is 0.492 e. The number of halogens is 4. The van der Waals surface area contributed by atoms with E-state index in [9.17, 15) is 27.5 Å². The van der Waals surface area contributed by atoms with Crippen molar-refractivity contribution in [2.75, 3.05) is 6.61 Å². The van der Waals surface area contributed by atoms with E-state index >= 15 is 0 Å². The summed E-state index contributed by atoms with van der Waals surface area (Å²) in [7, 11) is -1.21. The lowest BCUT2D eigenvalue weighted by Gasteiger charge is -2.32. The Bertz CT molecular complexity index is 746. The third-order valence-corrected chi connectivity index (χ3v) is 4.58. The third kappa shape index (κ3) is 3.24. The SMILES string of the molecule is CC1(C)OB(C(=Cc2c(F)c(F)c(C(=O)O)c(F)c2F)CO)OC1(C)C. The molecule has 1 aromatic rings. The number of carboxylic acids is 1. The molecule has 0 saturated carbocycles. The van der Waals surface area contributed by atoms with E-state index in [1.165, 1.54) is 0 Å². The Morgan fingerprint density at radius 3 is 1.77 bits per heavy atom. The molecule has 1 aromatic carbocycles. The van der Waals surface area contributed by atoms with Crippen molar-refractivity contribution >= 4 is 19.2 Å². The molecule has 1 aliphatic rings. The summed E-state index contributed by atoms with van der Waals surface area (Å²) in [4.78, 5) is 10.8. The zero-order valence-corrected chi connectivity index (χ0v) is 14.5. The Kier molecular flexibility index (Phi) is 5.24. The Morgan fingerprint density at radius 1 is 1.00 bits per heavy atom. The number of hydrogen-bond donors (Lipinski definition) is 2. The van der Waals surface area contributed by atoms with Gasteiger partial charge in [-0.05, 0) is 33.2 Å². The van der Waals surface area contributed by atoms with Crippen LogP contribution >= 0.6 is 0 Å². The minimum atomic E-state index is -2.15. The molecule has 5 nitrogen and oxygen atoms in total. The second-order valence-electron chi connectivity index (χ2n) is 6.82. The summed E-state index contributed by atoms with van der Waals surface area (Å²) in [5.41, 5.74) is -4.76. The van der Waals surface area contributed by atoms with Gasteiger partial charge in [0.15, 0.2) is 23.3 Å². The molecule has 2 N–H and O–H groups in total. The van der Waals surface area contributed by atoms with E-state index in [-0.39, 0.29) is 5.47 Å². The summed E-state index contributed by atoms with van der Waals surface area (Å²) in [6, 6.07) is 0. The van der Waals surface area contributed by atoms with Crippen molar-refractivity contribution in [3.8, 4) is 0 Å². The number of aliphatic hydroxyl groups is 1. The number of benzene rings is 1. The fraction of sp³-hybridized carbons (Fsp3) is 0.438. The second kappa shape index (κ2) is 6.68. The zero-order chi connectivity index (χ0) is 20.0. The van der Waals surface area contributed by atoms with Gasteiger partial charge in [-0.15, -0.1) is 0 Å². The molecule has 1 aliphatic heterocycles. The van der Waals surface area contributed by atoms with E-state index in [1.807, 2.05) is 0 Å². The van der Waals surface area contributed by atoms with Crippen LogP contribution in [0, 0.1) is 23.3 Å². The minimum absolute atomic E-state index is 0.191. The van der Waals surface area contributed by atoms with Crippen LogP contribution in [0.15, 0.2) is 5.47 Å². The van der Waals surface area contributed by atoms with Crippen LogP contribution in [-0.2, 0) is 9.31 Å². The van der Waals surface area contributed by atoms with Gasteiger partial charge >= 0.3 is 13.1 Å². The molecule has 0 spiro atoms. The third-order valence-electron chi connectivity index (χ3n) is 4.58. The average Bonchev–Trinajstić information content (AvgIpc) is 2.73. The van der Waals surface area contributed by atoms with Crippen LogP contribution in [0.4, 0.5) is 17.6 Å². The molecule has 0 aliphatic carbocycles. The molecule has 2 rings (SSSR count). The van der Waals surface area contributed by atoms with Crippen LogP contribution in [-0.4, -0.2) is 41.1 Å². The maximum atomic E-state index is 14.1. The number of aromatic carboxylic acids is 1. The van der Waals surface area contributed by atoms with E-state index in [1.54, 1.807) is 27.7 Å². The summed E-state index contributed by atoms with van der Waals surface area (Å²) >= 11 is 0. The second-order valence-corrected chi connectivity index (χ2v) is 6.82. The molecule has 142 valence electrons. The number of carboxylic acid groups (broad SMARTS) is 1. The quantitative estimate of drug-likeness (QED) is 0.480. The van der Waals surface area contributed by atoms with Crippen molar-refractivity contribution in [3.63, 3.8) is 0 Å². The van der Waals surface area contributed by atoms with Gasteiger partial charge in [-0.1, -0.05) is 6.08 Å². The van der Waals surface area contributed by atoms with Gasteiger partial charge in [-0.3, -0.25) is 0 Å². The summed E-state index contributed by atoms with van der Waals surface area (Å²) in [5.74, 6) is -10.0. The summed E-state index contributed by atoms with van der Waals surface area (Å²) in [6.45, 7) is 6.02. The van der Waals surface area contributed by atoms with E-state index in [0.717, 1.165) is 0 Å². The van der Waals surface area contributed by atoms with Crippen LogP contribution in [0.5, 0.6) is 0 Å². The Labute approximate surface area is 147 Å². The Morgan fingerprint density at radius 2 is 1.42 bits per heavy atom. The average molecular weight is 376 g/mol. The minimum Gasteiger partial charge on any atom is -0.477 e. The molecule has 1 fully saturated rings. The van der Waals surface area contributed by atoms with Crippen molar-refractivity contribution in [1.82, 2.24) is 0 Å². The van der Waals surface area contributed by atoms with E-state index < -0.39 is 65.3 Å². The van der Waals surface area contributed by atoms with Crippen molar-refractivity contribution < 1.29 is 41.9 Å². The molecular weight excluding hydrogens is 359 g/mol. The number of rotatable bonds is 4. The van der Waals surface area contributed by atoms with Gasteiger partial charge in [0.25, 0.3) is 0 Å². The van der Waals surface area contributed by atoms with Gasteiger partial charge < -0.3 is 19.5 Å². The number of aliphatic hydroxyl groups excluding tert-OH is 1. The lowest BCUT2D eigenvalue weighted by atomic mass is 9.77. The highest BCUT2D eigenvalue weighted by atomic mass is 19.2. The van der Waals surface area contributed by atoms with Crippen molar-refractivity contribution in [2.45, 2.75) is 38.9 Å². The Balaban J connectivity index is 2.56. The first-order chi connectivity index (χ1) is 11.8. The first-order valence-corrected chi connectivity index (χ1v) is 7.60. The summed E-state index contributed by atoms with van der Waals surface area (Å²) in [5, 5.41) is 18.2.